The number of hydrogen-bond donors (Lipinski definition) is 1. The number of hydrogen-bond acceptors (Lipinski definition) is 5. The number of nitrogens with zero attached hydrogens (tertiary/aromatic N) is 3. The van der Waals surface area contributed by atoms with Gasteiger partial charge in [0.1, 0.15) is 10.9 Å². The van der Waals surface area contributed by atoms with Crippen LogP contribution in [-0.2, 0) is 0 Å². The molecular weight excluding hydrogens is 256 g/mol. The minimum atomic E-state index is 0.324. The molecule has 1 unspecified atom stereocenters. The molecule has 17 heavy (non-hydrogen) atoms. The van der Waals surface area contributed by atoms with E-state index in [0.29, 0.717) is 16.1 Å². The molecule has 2 rings (SSSR count). The Bertz CT molecular complexity index is 420. The van der Waals surface area contributed by atoms with Gasteiger partial charge in [0, 0.05) is 19.1 Å². The quantitative estimate of drug-likeness (QED) is 0.912. The van der Waals surface area contributed by atoms with Crippen LogP contribution in [0.1, 0.15) is 24.6 Å². The molecule has 0 amide bonds. The van der Waals surface area contributed by atoms with Crippen molar-refractivity contribution < 1.29 is 0 Å². The van der Waals surface area contributed by atoms with Crippen molar-refractivity contribution in [1.82, 2.24) is 10.3 Å². The van der Waals surface area contributed by atoms with Gasteiger partial charge in [-0.2, -0.15) is 5.26 Å². The van der Waals surface area contributed by atoms with Crippen LogP contribution in [0.3, 0.4) is 0 Å². The summed E-state index contributed by atoms with van der Waals surface area (Å²) >= 11 is 7.27. The van der Waals surface area contributed by atoms with Crippen molar-refractivity contribution in [2.75, 3.05) is 24.5 Å². The van der Waals surface area contributed by atoms with Crippen molar-refractivity contribution in [1.29, 1.82) is 5.26 Å². The van der Waals surface area contributed by atoms with E-state index in [1.165, 1.54) is 24.2 Å². The average molecular weight is 271 g/mol. The van der Waals surface area contributed by atoms with Crippen LogP contribution in [0.2, 0.25) is 5.15 Å². The van der Waals surface area contributed by atoms with Gasteiger partial charge in [0.25, 0.3) is 0 Å². The summed E-state index contributed by atoms with van der Waals surface area (Å²) in [6, 6.07) is 2.60. The van der Waals surface area contributed by atoms with Crippen LogP contribution in [0.5, 0.6) is 0 Å². The average Bonchev–Trinajstić information content (AvgIpc) is 2.95. The summed E-state index contributed by atoms with van der Waals surface area (Å²) in [6.45, 7) is 5.01. The van der Waals surface area contributed by atoms with E-state index in [0.717, 1.165) is 24.8 Å². The SMILES string of the molecule is CCN(CC1CCCN1)c1nc(Cl)c(C#N)s1. The molecule has 2 heterocycles. The third-order valence-electron chi connectivity index (χ3n) is 2.93. The molecule has 1 aliphatic heterocycles. The Balaban J connectivity index is 2.08. The van der Waals surface area contributed by atoms with Crippen LogP contribution in [0.4, 0.5) is 5.13 Å². The Labute approximate surface area is 110 Å². The number of aromatic nitrogens is 1. The maximum absolute atomic E-state index is 8.88. The van der Waals surface area contributed by atoms with Crippen molar-refractivity contribution in [2.45, 2.75) is 25.8 Å². The Morgan fingerprint density at radius 3 is 3.06 bits per heavy atom. The summed E-state index contributed by atoms with van der Waals surface area (Å²) in [5.74, 6) is 0. The maximum Gasteiger partial charge on any atom is 0.188 e. The first-order valence-corrected chi connectivity index (χ1v) is 6.98. The molecule has 0 aromatic carbocycles. The molecule has 1 fully saturated rings. The summed E-state index contributed by atoms with van der Waals surface area (Å²) in [5.41, 5.74) is 0. The molecule has 92 valence electrons. The summed E-state index contributed by atoms with van der Waals surface area (Å²) < 4.78 is 0. The molecule has 4 nitrogen and oxygen atoms in total. The molecule has 0 spiro atoms. The zero-order chi connectivity index (χ0) is 12.3. The Morgan fingerprint density at radius 2 is 2.53 bits per heavy atom. The lowest BCUT2D eigenvalue weighted by atomic mass is 10.2. The first-order chi connectivity index (χ1) is 8.24. The fourth-order valence-electron chi connectivity index (χ4n) is 2.02. The van der Waals surface area contributed by atoms with Crippen molar-refractivity contribution in [2.24, 2.45) is 0 Å². The van der Waals surface area contributed by atoms with Crippen molar-refractivity contribution in [3.8, 4) is 6.07 Å². The summed E-state index contributed by atoms with van der Waals surface area (Å²) in [6.07, 6.45) is 2.45. The van der Waals surface area contributed by atoms with Crippen molar-refractivity contribution in [3.05, 3.63) is 10.0 Å². The van der Waals surface area contributed by atoms with Crippen LogP contribution in [0.15, 0.2) is 0 Å². The third kappa shape index (κ3) is 2.89. The second-order valence-electron chi connectivity index (χ2n) is 4.06. The van der Waals surface area contributed by atoms with Crippen LogP contribution in [0, 0.1) is 11.3 Å². The van der Waals surface area contributed by atoms with Crippen molar-refractivity contribution in [3.63, 3.8) is 0 Å². The number of nitrogens with one attached hydrogen (secondary N) is 1. The highest BCUT2D eigenvalue weighted by Gasteiger charge is 2.20. The highest BCUT2D eigenvalue weighted by atomic mass is 35.5. The standard InChI is InChI=1S/C11H15ClN4S/c1-2-16(7-8-4-3-5-14-8)11-15-10(12)9(6-13)17-11/h8,14H,2-5,7H2,1H3. The van der Waals surface area contributed by atoms with Gasteiger partial charge in [-0.1, -0.05) is 22.9 Å². The molecule has 1 aliphatic rings. The molecule has 1 aromatic heterocycles. The third-order valence-corrected chi connectivity index (χ3v) is 4.34. The molecule has 1 N–H and O–H groups in total. The van der Waals surface area contributed by atoms with E-state index in [2.05, 4.69) is 28.2 Å². The summed E-state index contributed by atoms with van der Waals surface area (Å²) in [7, 11) is 0. The van der Waals surface area contributed by atoms with Gasteiger partial charge in [-0.25, -0.2) is 4.98 Å². The van der Waals surface area contributed by atoms with E-state index in [-0.39, 0.29) is 0 Å². The molecule has 0 aliphatic carbocycles. The lowest BCUT2D eigenvalue weighted by Crippen LogP contribution is -2.37. The van der Waals surface area contributed by atoms with Crippen molar-refractivity contribution >= 4 is 28.1 Å². The molecular formula is C11H15ClN4S. The van der Waals surface area contributed by atoms with Crippen LogP contribution in [0.25, 0.3) is 0 Å². The second kappa shape index (κ2) is 5.67. The van der Waals surface area contributed by atoms with E-state index in [9.17, 15) is 0 Å². The van der Waals surface area contributed by atoms with Crippen LogP contribution in [-0.4, -0.2) is 30.7 Å². The maximum atomic E-state index is 8.88. The van der Waals surface area contributed by atoms with Gasteiger partial charge in [-0.15, -0.1) is 0 Å². The van der Waals surface area contributed by atoms with Gasteiger partial charge in [0.2, 0.25) is 0 Å². The minimum absolute atomic E-state index is 0.324. The van der Waals surface area contributed by atoms with E-state index in [1.54, 1.807) is 0 Å². The predicted octanol–water partition coefficient (Wildman–Crippen LogP) is 2.25. The zero-order valence-electron chi connectivity index (χ0n) is 9.74. The zero-order valence-corrected chi connectivity index (χ0v) is 11.3. The number of anilines is 1. The highest BCUT2D eigenvalue weighted by Crippen LogP contribution is 2.29. The number of thiazole rings is 1. The number of halogens is 1. The molecule has 1 saturated heterocycles. The lowest BCUT2D eigenvalue weighted by Gasteiger charge is -2.23. The largest absolute Gasteiger partial charge is 0.347 e. The predicted molar refractivity (Wildman–Crippen MR) is 70.8 cm³/mol. The molecule has 0 bridgehead atoms. The highest BCUT2D eigenvalue weighted by molar-refractivity contribution is 7.16. The first kappa shape index (κ1) is 12.6. The fourth-order valence-corrected chi connectivity index (χ4v) is 3.13. The Morgan fingerprint density at radius 1 is 1.71 bits per heavy atom. The molecule has 0 saturated carbocycles. The summed E-state index contributed by atoms with van der Waals surface area (Å²) in [5, 5.41) is 13.5. The lowest BCUT2D eigenvalue weighted by molar-refractivity contribution is 0.586. The van der Waals surface area contributed by atoms with E-state index < -0.39 is 0 Å². The molecule has 1 atom stereocenters. The van der Waals surface area contributed by atoms with Gasteiger partial charge in [-0.05, 0) is 26.3 Å². The smallest absolute Gasteiger partial charge is 0.188 e. The number of rotatable bonds is 4. The Kier molecular flexibility index (Phi) is 4.21. The molecule has 1 aromatic rings. The first-order valence-electron chi connectivity index (χ1n) is 5.79. The topological polar surface area (TPSA) is 52.0 Å². The molecule has 6 heteroatoms. The fraction of sp³-hybridized carbons (Fsp3) is 0.636. The number of nitriles is 1. The van der Waals surface area contributed by atoms with E-state index >= 15 is 0 Å². The van der Waals surface area contributed by atoms with Gasteiger partial charge >= 0.3 is 0 Å². The summed E-state index contributed by atoms with van der Waals surface area (Å²) in [4.78, 5) is 6.93. The molecule has 0 radical (unpaired) electrons. The normalized spacial score (nSPS) is 19.2. The van der Waals surface area contributed by atoms with Gasteiger partial charge in [0.15, 0.2) is 10.3 Å². The van der Waals surface area contributed by atoms with E-state index in [1.807, 2.05) is 0 Å². The monoisotopic (exact) mass is 270 g/mol. The second-order valence-corrected chi connectivity index (χ2v) is 5.40. The van der Waals surface area contributed by atoms with E-state index in [4.69, 9.17) is 16.9 Å². The van der Waals surface area contributed by atoms with Gasteiger partial charge in [0.05, 0.1) is 0 Å². The van der Waals surface area contributed by atoms with Crippen LogP contribution >= 0.6 is 22.9 Å². The minimum Gasteiger partial charge on any atom is -0.347 e. The van der Waals surface area contributed by atoms with Gasteiger partial charge in [-0.3, -0.25) is 0 Å². The van der Waals surface area contributed by atoms with Gasteiger partial charge < -0.3 is 10.2 Å². The Hall–Kier alpha value is -0.830. The number of likely N-dealkylation sites (N-methyl/N-ethyl adjacent to an activating group) is 1. The van der Waals surface area contributed by atoms with Crippen LogP contribution < -0.4 is 10.2 Å².